The first kappa shape index (κ1) is 15.9. The lowest BCUT2D eigenvalue weighted by atomic mass is 10.1. The number of aromatic nitrogens is 1. The van der Waals surface area contributed by atoms with Crippen molar-refractivity contribution in [1.82, 2.24) is 9.88 Å². The molecule has 1 aromatic heterocycles. The van der Waals surface area contributed by atoms with Crippen LogP contribution < -0.4 is 5.73 Å². The number of thioether (sulfide) groups is 1. The van der Waals surface area contributed by atoms with Gasteiger partial charge in [-0.15, -0.1) is 11.8 Å². The fourth-order valence-corrected chi connectivity index (χ4v) is 3.79. The van der Waals surface area contributed by atoms with Gasteiger partial charge in [0, 0.05) is 13.6 Å². The monoisotopic (exact) mass is 321 g/mol. The first-order valence-corrected chi connectivity index (χ1v) is 8.41. The minimum absolute atomic E-state index is 0.104. The molecule has 6 heteroatoms. The number of nitrogens with two attached hydrogens (primary N) is 1. The molecule has 4 nitrogen and oxygen atoms in total. The van der Waals surface area contributed by atoms with Crippen LogP contribution in [0.3, 0.4) is 0 Å². The summed E-state index contributed by atoms with van der Waals surface area (Å²) in [7, 11) is 1.83. The Kier molecular flexibility index (Phi) is 5.25. The highest BCUT2D eigenvalue weighted by atomic mass is 32.2. The van der Waals surface area contributed by atoms with Gasteiger partial charge in [-0.3, -0.25) is 4.79 Å². The SMILES string of the molecule is Cc1ccc(CN(C)C(=O)CSc2sc(N)nc2C)cc1. The Hall–Kier alpha value is -1.53. The van der Waals surface area contributed by atoms with E-state index < -0.39 is 0 Å². The highest BCUT2D eigenvalue weighted by Gasteiger charge is 2.12. The lowest BCUT2D eigenvalue weighted by Crippen LogP contribution is -2.27. The van der Waals surface area contributed by atoms with E-state index in [2.05, 4.69) is 36.2 Å². The molecule has 0 aliphatic heterocycles. The van der Waals surface area contributed by atoms with Crippen LogP contribution in [0.15, 0.2) is 28.5 Å². The van der Waals surface area contributed by atoms with Crippen LogP contribution in [-0.4, -0.2) is 28.6 Å². The third-order valence-electron chi connectivity index (χ3n) is 3.06. The molecule has 0 atom stereocenters. The van der Waals surface area contributed by atoms with E-state index in [4.69, 9.17) is 5.73 Å². The number of hydrogen-bond acceptors (Lipinski definition) is 5. The molecule has 21 heavy (non-hydrogen) atoms. The van der Waals surface area contributed by atoms with Crippen molar-refractivity contribution >= 4 is 34.1 Å². The van der Waals surface area contributed by atoms with E-state index in [-0.39, 0.29) is 5.91 Å². The summed E-state index contributed by atoms with van der Waals surface area (Å²) < 4.78 is 1.02. The number of carbonyl (C=O) groups excluding carboxylic acids is 1. The standard InChI is InChI=1S/C15H19N3OS2/c1-10-4-6-12(7-5-10)8-18(3)13(19)9-20-14-11(2)17-15(16)21-14/h4-7H,8-9H2,1-3H3,(H2,16,17). The molecule has 0 radical (unpaired) electrons. The van der Waals surface area contributed by atoms with Crippen LogP contribution in [-0.2, 0) is 11.3 Å². The molecule has 0 spiro atoms. The third-order valence-corrected chi connectivity index (χ3v) is 5.40. The van der Waals surface area contributed by atoms with Crippen molar-refractivity contribution in [3.8, 4) is 0 Å². The summed E-state index contributed by atoms with van der Waals surface area (Å²) in [4.78, 5) is 18.1. The van der Waals surface area contributed by atoms with E-state index in [1.807, 2.05) is 14.0 Å². The van der Waals surface area contributed by atoms with Gasteiger partial charge in [-0.2, -0.15) is 0 Å². The third kappa shape index (κ3) is 4.47. The fourth-order valence-electron chi connectivity index (χ4n) is 1.83. The van der Waals surface area contributed by atoms with Crippen molar-refractivity contribution in [3.05, 3.63) is 41.1 Å². The summed E-state index contributed by atoms with van der Waals surface area (Å²) in [5.74, 6) is 0.511. The van der Waals surface area contributed by atoms with Crippen LogP contribution >= 0.6 is 23.1 Å². The van der Waals surface area contributed by atoms with Crippen LogP contribution in [0.5, 0.6) is 0 Å². The molecule has 0 unspecified atom stereocenters. The Morgan fingerprint density at radius 2 is 2.00 bits per heavy atom. The molecular formula is C15H19N3OS2. The van der Waals surface area contributed by atoms with E-state index in [0.717, 1.165) is 15.5 Å². The predicted octanol–water partition coefficient (Wildman–Crippen LogP) is 3.09. The maximum Gasteiger partial charge on any atom is 0.233 e. The second-order valence-corrected chi connectivity index (χ2v) is 7.22. The smallest absolute Gasteiger partial charge is 0.233 e. The van der Waals surface area contributed by atoms with Gasteiger partial charge in [-0.25, -0.2) is 4.98 Å². The number of benzene rings is 1. The average Bonchev–Trinajstić information content (AvgIpc) is 2.76. The van der Waals surface area contributed by atoms with Gasteiger partial charge in [-0.1, -0.05) is 41.2 Å². The number of amides is 1. The minimum atomic E-state index is 0.104. The van der Waals surface area contributed by atoms with Gasteiger partial charge in [0.25, 0.3) is 0 Å². The van der Waals surface area contributed by atoms with Crippen LogP contribution in [0, 0.1) is 13.8 Å². The fraction of sp³-hybridized carbons (Fsp3) is 0.333. The minimum Gasteiger partial charge on any atom is -0.375 e. The van der Waals surface area contributed by atoms with Crippen LogP contribution in [0.2, 0.25) is 0 Å². The zero-order valence-corrected chi connectivity index (χ0v) is 14.1. The van der Waals surface area contributed by atoms with Crippen LogP contribution in [0.1, 0.15) is 16.8 Å². The Balaban J connectivity index is 1.87. The summed E-state index contributed by atoms with van der Waals surface area (Å²) in [5.41, 5.74) is 8.92. The number of rotatable bonds is 5. The molecule has 2 rings (SSSR count). The topological polar surface area (TPSA) is 59.2 Å². The molecule has 2 N–H and O–H groups in total. The first-order valence-electron chi connectivity index (χ1n) is 6.61. The van der Waals surface area contributed by atoms with Crippen molar-refractivity contribution in [1.29, 1.82) is 0 Å². The number of thiazole rings is 1. The summed E-state index contributed by atoms with van der Waals surface area (Å²) in [6.07, 6.45) is 0. The highest BCUT2D eigenvalue weighted by Crippen LogP contribution is 2.30. The lowest BCUT2D eigenvalue weighted by Gasteiger charge is -2.17. The van der Waals surface area contributed by atoms with Crippen LogP contribution in [0.25, 0.3) is 0 Å². The molecule has 0 bridgehead atoms. The summed E-state index contributed by atoms with van der Waals surface area (Å²) in [6, 6.07) is 8.23. The molecule has 0 aliphatic carbocycles. The van der Waals surface area contributed by atoms with Gasteiger partial charge in [0.1, 0.15) is 0 Å². The zero-order chi connectivity index (χ0) is 15.4. The number of nitrogens with zero attached hydrogens (tertiary/aromatic N) is 2. The number of anilines is 1. The normalized spacial score (nSPS) is 10.6. The molecule has 0 saturated heterocycles. The van der Waals surface area contributed by atoms with Crippen molar-refractivity contribution in [3.63, 3.8) is 0 Å². The van der Waals surface area contributed by atoms with Gasteiger partial charge in [0.05, 0.1) is 15.7 Å². The van der Waals surface area contributed by atoms with Crippen molar-refractivity contribution in [2.24, 2.45) is 0 Å². The molecule has 1 heterocycles. The number of aryl methyl sites for hydroxylation is 2. The summed E-state index contributed by atoms with van der Waals surface area (Å²) in [5, 5.41) is 0.551. The second kappa shape index (κ2) is 6.95. The molecule has 0 aliphatic rings. The zero-order valence-electron chi connectivity index (χ0n) is 12.4. The Morgan fingerprint density at radius 1 is 1.33 bits per heavy atom. The van der Waals surface area contributed by atoms with Crippen molar-refractivity contribution < 1.29 is 4.79 Å². The van der Waals surface area contributed by atoms with Gasteiger partial charge < -0.3 is 10.6 Å². The maximum atomic E-state index is 12.2. The molecule has 112 valence electrons. The average molecular weight is 321 g/mol. The Bertz CT molecular complexity index is 622. The van der Waals surface area contributed by atoms with Gasteiger partial charge >= 0.3 is 0 Å². The van der Waals surface area contributed by atoms with E-state index >= 15 is 0 Å². The Labute approximate surface area is 133 Å². The van der Waals surface area contributed by atoms with Crippen LogP contribution in [0.4, 0.5) is 5.13 Å². The molecule has 2 aromatic rings. The predicted molar refractivity (Wildman–Crippen MR) is 89.6 cm³/mol. The molecular weight excluding hydrogens is 302 g/mol. The van der Waals surface area contributed by atoms with E-state index in [1.165, 1.54) is 28.7 Å². The van der Waals surface area contributed by atoms with Gasteiger partial charge in [0.15, 0.2) is 5.13 Å². The Morgan fingerprint density at radius 3 is 2.57 bits per heavy atom. The largest absolute Gasteiger partial charge is 0.375 e. The number of nitrogen functional groups attached to an aromatic ring is 1. The lowest BCUT2D eigenvalue weighted by molar-refractivity contribution is -0.127. The van der Waals surface area contributed by atoms with Crippen molar-refractivity contribution in [2.75, 3.05) is 18.5 Å². The molecule has 1 aromatic carbocycles. The van der Waals surface area contributed by atoms with Gasteiger partial charge in [-0.05, 0) is 19.4 Å². The molecule has 0 saturated carbocycles. The van der Waals surface area contributed by atoms with E-state index in [0.29, 0.717) is 17.4 Å². The number of carbonyl (C=O) groups is 1. The quantitative estimate of drug-likeness (QED) is 0.860. The molecule has 1 amide bonds. The van der Waals surface area contributed by atoms with Crippen molar-refractivity contribution in [2.45, 2.75) is 24.6 Å². The second-order valence-electron chi connectivity index (χ2n) is 4.95. The first-order chi connectivity index (χ1) is 9.95. The van der Waals surface area contributed by atoms with E-state index in [1.54, 1.807) is 4.90 Å². The summed E-state index contributed by atoms with van der Waals surface area (Å²) >= 11 is 2.93. The maximum absolute atomic E-state index is 12.2. The highest BCUT2D eigenvalue weighted by molar-refractivity contribution is 8.01. The molecule has 0 fully saturated rings. The van der Waals surface area contributed by atoms with E-state index in [9.17, 15) is 4.79 Å². The summed E-state index contributed by atoms with van der Waals surface area (Å²) in [6.45, 7) is 4.59. The van der Waals surface area contributed by atoms with Gasteiger partial charge in [0.2, 0.25) is 5.91 Å². The number of hydrogen-bond donors (Lipinski definition) is 1.